The van der Waals surface area contributed by atoms with Crippen molar-refractivity contribution in [2.45, 2.75) is 0 Å². The van der Waals surface area contributed by atoms with Gasteiger partial charge in [0, 0.05) is 33.2 Å². The molecule has 312 valence electrons. The van der Waals surface area contributed by atoms with E-state index in [9.17, 15) is 0 Å². The van der Waals surface area contributed by atoms with Gasteiger partial charge >= 0.3 is 0 Å². The molecule has 4 nitrogen and oxygen atoms in total. The zero-order valence-corrected chi connectivity index (χ0v) is 36.4. The highest BCUT2D eigenvalue weighted by Crippen LogP contribution is 2.41. The molecule has 0 N–H and O–H groups in total. The minimum absolute atomic E-state index is 0.617. The van der Waals surface area contributed by atoms with E-state index < -0.39 is 0 Å². The number of aromatic nitrogens is 4. The zero-order valence-electron chi connectivity index (χ0n) is 36.4. The van der Waals surface area contributed by atoms with Crippen molar-refractivity contribution in [2.24, 2.45) is 0 Å². The second kappa shape index (κ2) is 15.9. The summed E-state index contributed by atoms with van der Waals surface area (Å²) in [5, 5.41) is 9.85. The molecule has 0 aliphatic heterocycles. The number of hydrogen-bond donors (Lipinski definition) is 0. The molecule has 13 aromatic rings. The van der Waals surface area contributed by atoms with Crippen molar-refractivity contribution in [1.82, 2.24) is 19.5 Å². The Kier molecular flexibility index (Phi) is 9.14. The van der Waals surface area contributed by atoms with Crippen molar-refractivity contribution in [3.8, 4) is 73.2 Å². The molecule has 0 amide bonds. The average molecular weight is 853 g/mol. The van der Waals surface area contributed by atoms with Gasteiger partial charge in [-0.15, -0.1) is 0 Å². The third-order valence-electron chi connectivity index (χ3n) is 13.2. The predicted octanol–water partition coefficient (Wildman–Crippen LogP) is 16.4. The Balaban J connectivity index is 0.931. The van der Waals surface area contributed by atoms with Gasteiger partial charge in [0.1, 0.15) is 0 Å². The third kappa shape index (κ3) is 6.74. The van der Waals surface area contributed by atoms with Crippen molar-refractivity contribution in [2.75, 3.05) is 0 Å². The zero-order chi connectivity index (χ0) is 44.3. The smallest absolute Gasteiger partial charge is 0.164 e. The Morgan fingerprint density at radius 3 is 1.49 bits per heavy atom. The normalized spacial score (nSPS) is 11.6. The minimum atomic E-state index is 0.617. The van der Waals surface area contributed by atoms with E-state index in [0.717, 1.165) is 50.2 Å². The van der Waals surface area contributed by atoms with Crippen LogP contribution in [0.3, 0.4) is 0 Å². The van der Waals surface area contributed by atoms with Gasteiger partial charge in [0.25, 0.3) is 0 Å². The van der Waals surface area contributed by atoms with E-state index in [2.05, 4.69) is 241 Å². The molecule has 2 aromatic heterocycles. The van der Waals surface area contributed by atoms with E-state index in [1.165, 1.54) is 59.7 Å². The molecular weight excluding hydrogens is 813 g/mol. The summed E-state index contributed by atoms with van der Waals surface area (Å²) in [6.45, 7) is 0. The standard InChI is InChI=1S/C63H40N4/c1-3-14-41(15-4-1)42-26-30-45(31-27-42)61-64-62(46-32-28-44(29-33-46)60-53-23-10-8-17-49(53)40-56-52-22-9-7-16-43(52)34-36-55(56)60)66-63(65-61)50-19-13-18-47(38-50)48-35-37-59-57(39-48)54-24-11-12-25-58(54)67(59)51-20-5-2-6-21-51/h1-40H. The molecule has 0 aliphatic rings. The van der Waals surface area contributed by atoms with Gasteiger partial charge in [-0.25, -0.2) is 15.0 Å². The van der Waals surface area contributed by atoms with Gasteiger partial charge < -0.3 is 4.57 Å². The lowest BCUT2D eigenvalue weighted by atomic mass is 9.89. The molecule has 0 aliphatic carbocycles. The summed E-state index contributed by atoms with van der Waals surface area (Å²) in [5.74, 6) is 1.86. The first-order valence-electron chi connectivity index (χ1n) is 22.8. The third-order valence-corrected chi connectivity index (χ3v) is 13.2. The molecule has 0 fully saturated rings. The van der Waals surface area contributed by atoms with E-state index >= 15 is 0 Å². The minimum Gasteiger partial charge on any atom is -0.309 e. The summed E-state index contributed by atoms with van der Waals surface area (Å²) < 4.78 is 2.35. The highest BCUT2D eigenvalue weighted by atomic mass is 15.0. The van der Waals surface area contributed by atoms with Crippen LogP contribution in [0.25, 0.3) is 127 Å². The maximum absolute atomic E-state index is 5.24. The molecule has 2 heterocycles. The van der Waals surface area contributed by atoms with Crippen molar-refractivity contribution in [3.63, 3.8) is 0 Å². The fourth-order valence-electron chi connectivity index (χ4n) is 9.97. The van der Waals surface area contributed by atoms with Gasteiger partial charge in [-0.2, -0.15) is 0 Å². The van der Waals surface area contributed by atoms with Gasteiger partial charge in [0.15, 0.2) is 17.5 Å². The fraction of sp³-hybridized carbons (Fsp3) is 0. The summed E-state index contributed by atoms with van der Waals surface area (Å²) >= 11 is 0. The Morgan fingerprint density at radius 1 is 0.239 bits per heavy atom. The van der Waals surface area contributed by atoms with Gasteiger partial charge in [-0.3, -0.25) is 0 Å². The SMILES string of the molecule is c1ccc(-c2ccc(-c3nc(-c4ccc(-c5c6ccccc6cc6c5ccc5ccccc56)cc4)nc(-c4cccc(-c5ccc6c(c5)c5ccccc5n6-c5ccccc5)c4)n3)cc2)cc1. The summed E-state index contributed by atoms with van der Waals surface area (Å²) in [5.41, 5.74) is 13.1. The second-order valence-electron chi connectivity index (χ2n) is 17.2. The van der Waals surface area contributed by atoms with E-state index in [1.807, 2.05) is 6.07 Å². The molecular formula is C63H40N4. The van der Waals surface area contributed by atoms with Crippen molar-refractivity contribution < 1.29 is 0 Å². The maximum atomic E-state index is 5.24. The summed E-state index contributed by atoms with van der Waals surface area (Å²) in [6, 6.07) is 86.5. The van der Waals surface area contributed by atoms with E-state index in [4.69, 9.17) is 15.0 Å². The lowest BCUT2D eigenvalue weighted by molar-refractivity contribution is 1.07. The van der Waals surface area contributed by atoms with Gasteiger partial charge in [-0.1, -0.05) is 200 Å². The van der Waals surface area contributed by atoms with Crippen molar-refractivity contribution in [3.05, 3.63) is 243 Å². The lowest BCUT2D eigenvalue weighted by Crippen LogP contribution is -2.00. The quantitative estimate of drug-likeness (QED) is 0.118. The Bertz CT molecular complexity index is 4010. The van der Waals surface area contributed by atoms with Gasteiger partial charge in [0.05, 0.1) is 11.0 Å². The van der Waals surface area contributed by atoms with Crippen LogP contribution in [0, 0.1) is 0 Å². The first-order valence-corrected chi connectivity index (χ1v) is 22.8. The molecule has 0 bridgehead atoms. The second-order valence-corrected chi connectivity index (χ2v) is 17.2. The fourth-order valence-corrected chi connectivity index (χ4v) is 9.97. The molecule has 0 spiro atoms. The number of fused-ring (bicyclic) bond motifs is 7. The van der Waals surface area contributed by atoms with Crippen LogP contribution < -0.4 is 0 Å². The van der Waals surface area contributed by atoms with Crippen LogP contribution >= 0.6 is 0 Å². The van der Waals surface area contributed by atoms with Crippen LogP contribution in [0.5, 0.6) is 0 Å². The molecule has 0 atom stereocenters. The first kappa shape index (κ1) is 38.5. The molecule has 0 saturated heterocycles. The molecule has 0 unspecified atom stereocenters. The summed E-state index contributed by atoms with van der Waals surface area (Å²) in [7, 11) is 0. The largest absolute Gasteiger partial charge is 0.309 e. The molecule has 11 aromatic carbocycles. The first-order chi connectivity index (χ1) is 33.2. The molecule has 4 heteroatoms. The van der Waals surface area contributed by atoms with Crippen LogP contribution in [0.1, 0.15) is 0 Å². The Morgan fingerprint density at radius 2 is 0.746 bits per heavy atom. The van der Waals surface area contributed by atoms with Crippen LogP contribution in [-0.4, -0.2) is 19.5 Å². The van der Waals surface area contributed by atoms with Crippen LogP contribution in [0.15, 0.2) is 243 Å². The van der Waals surface area contributed by atoms with E-state index in [1.54, 1.807) is 0 Å². The molecule has 0 radical (unpaired) electrons. The molecule has 0 saturated carbocycles. The van der Waals surface area contributed by atoms with Gasteiger partial charge in [0.2, 0.25) is 0 Å². The Labute approximate surface area is 387 Å². The van der Waals surface area contributed by atoms with E-state index in [-0.39, 0.29) is 0 Å². The highest BCUT2D eigenvalue weighted by Gasteiger charge is 2.18. The monoisotopic (exact) mass is 852 g/mol. The van der Waals surface area contributed by atoms with Crippen molar-refractivity contribution in [1.29, 1.82) is 0 Å². The van der Waals surface area contributed by atoms with Crippen LogP contribution in [-0.2, 0) is 0 Å². The van der Waals surface area contributed by atoms with Crippen molar-refractivity contribution >= 4 is 54.1 Å². The number of para-hydroxylation sites is 2. The Hall–Kier alpha value is -8.99. The number of benzene rings is 11. The molecule has 67 heavy (non-hydrogen) atoms. The maximum Gasteiger partial charge on any atom is 0.164 e. The predicted molar refractivity (Wildman–Crippen MR) is 279 cm³/mol. The van der Waals surface area contributed by atoms with Crippen LogP contribution in [0.4, 0.5) is 0 Å². The average Bonchev–Trinajstić information content (AvgIpc) is 3.74. The highest BCUT2D eigenvalue weighted by molar-refractivity contribution is 6.20. The van der Waals surface area contributed by atoms with Crippen LogP contribution in [0.2, 0.25) is 0 Å². The number of hydrogen-bond acceptors (Lipinski definition) is 3. The summed E-state index contributed by atoms with van der Waals surface area (Å²) in [4.78, 5) is 15.6. The summed E-state index contributed by atoms with van der Waals surface area (Å²) in [6.07, 6.45) is 0. The number of rotatable bonds is 7. The number of nitrogens with zero attached hydrogens (tertiary/aromatic N) is 4. The molecule has 13 rings (SSSR count). The van der Waals surface area contributed by atoms with Gasteiger partial charge in [-0.05, 0) is 108 Å². The van der Waals surface area contributed by atoms with E-state index in [0.29, 0.717) is 17.5 Å². The topological polar surface area (TPSA) is 43.6 Å². The lowest BCUT2D eigenvalue weighted by Gasteiger charge is -2.14.